The van der Waals surface area contributed by atoms with Crippen molar-refractivity contribution in [3.63, 3.8) is 0 Å². The molecule has 0 saturated heterocycles. The van der Waals surface area contributed by atoms with E-state index in [1.165, 1.54) is 0 Å². The Bertz CT molecular complexity index is 238. The monoisotopic (exact) mass is 189 g/mol. The van der Waals surface area contributed by atoms with Crippen molar-refractivity contribution < 1.29 is 4.74 Å². The lowest BCUT2D eigenvalue weighted by Gasteiger charge is -2.11. The average Bonchev–Trinajstić information content (AvgIpc) is 2.37. The van der Waals surface area contributed by atoms with Crippen LogP contribution >= 0.6 is 11.6 Å². The molecule has 0 aliphatic carbocycles. The first-order valence-corrected chi connectivity index (χ1v) is 4.26. The van der Waals surface area contributed by atoms with E-state index in [1.54, 1.807) is 10.9 Å². The fourth-order valence-electron chi connectivity index (χ4n) is 0.978. The molecule has 1 rings (SSSR count). The second-order valence-corrected chi connectivity index (χ2v) is 2.86. The van der Waals surface area contributed by atoms with Gasteiger partial charge in [-0.1, -0.05) is 0 Å². The van der Waals surface area contributed by atoms with Crippen molar-refractivity contribution in [2.24, 2.45) is 0 Å². The number of hydrogen-bond donors (Lipinski definition) is 0. The van der Waals surface area contributed by atoms with Gasteiger partial charge >= 0.3 is 0 Å². The van der Waals surface area contributed by atoms with Gasteiger partial charge in [-0.15, -0.1) is 10.2 Å². The summed E-state index contributed by atoms with van der Waals surface area (Å²) in [7, 11) is 0. The van der Waals surface area contributed by atoms with Gasteiger partial charge in [0.2, 0.25) is 5.28 Å². The molecule has 0 aromatic carbocycles. The highest BCUT2D eigenvalue weighted by Crippen LogP contribution is 2.04. The molecule has 0 saturated carbocycles. The molecule has 1 atom stereocenters. The fourth-order valence-corrected chi connectivity index (χ4v) is 1.13. The Morgan fingerprint density at radius 1 is 1.75 bits per heavy atom. The largest absolute Gasteiger partial charge is 0.377 e. The van der Waals surface area contributed by atoms with Crippen molar-refractivity contribution in [2.45, 2.75) is 26.5 Å². The summed E-state index contributed by atoms with van der Waals surface area (Å²) in [6.07, 6.45) is 1.74. The van der Waals surface area contributed by atoms with Crippen LogP contribution in [0.15, 0.2) is 6.33 Å². The zero-order chi connectivity index (χ0) is 8.97. The molecule has 1 heterocycles. The van der Waals surface area contributed by atoms with Crippen molar-refractivity contribution in [3.8, 4) is 0 Å². The number of halogens is 1. The van der Waals surface area contributed by atoms with Gasteiger partial charge in [-0.05, 0) is 25.4 Å². The maximum absolute atomic E-state index is 5.72. The summed E-state index contributed by atoms with van der Waals surface area (Å²) in [6.45, 7) is 5.35. The molecule has 12 heavy (non-hydrogen) atoms. The Kier molecular flexibility index (Phi) is 3.49. The molecular weight excluding hydrogens is 178 g/mol. The van der Waals surface area contributed by atoms with Crippen molar-refractivity contribution >= 4 is 11.6 Å². The van der Waals surface area contributed by atoms with E-state index in [-0.39, 0.29) is 6.10 Å². The molecule has 0 N–H and O–H groups in total. The van der Waals surface area contributed by atoms with Gasteiger partial charge in [-0.2, -0.15) is 0 Å². The molecule has 0 aliphatic heterocycles. The molecule has 0 radical (unpaired) electrons. The predicted molar refractivity (Wildman–Crippen MR) is 46.1 cm³/mol. The Morgan fingerprint density at radius 2 is 2.50 bits per heavy atom. The Hall–Kier alpha value is -0.610. The SMILES string of the molecule is CCOC(C)Cn1cnnc1Cl. The first-order chi connectivity index (χ1) is 5.74. The van der Waals surface area contributed by atoms with Gasteiger partial charge in [-0.25, -0.2) is 0 Å². The molecule has 4 nitrogen and oxygen atoms in total. The van der Waals surface area contributed by atoms with E-state index in [2.05, 4.69) is 10.2 Å². The number of hydrogen-bond acceptors (Lipinski definition) is 3. The van der Waals surface area contributed by atoms with Gasteiger partial charge in [-0.3, -0.25) is 0 Å². The minimum absolute atomic E-state index is 0.142. The number of ether oxygens (including phenoxy) is 1. The first kappa shape index (κ1) is 9.48. The zero-order valence-electron chi connectivity index (χ0n) is 7.20. The van der Waals surface area contributed by atoms with Crippen molar-refractivity contribution in [1.82, 2.24) is 14.8 Å². The first-order valence-electron chi connectivity index (χ1n) is 3.89. The molecule has 1 aromatic heterocycles. The van der Waals surface area contributed by atoms with E-state index in [0.29, 0.717) is 18.4 Å². The third-order valence-corrected chi connectivity index (χ3v) is 1.77. The van der Waals surface area contributed by atoms with Crippen molar-refractivity contribution in [1.29, 1.82) is 0 Å². The van der Waals surface area contributed by atoms with Crippen LogP contribution in [0.5, 0.6) is 0 Å². The minimum Gasteiger partial charge on any atom is -0.377 e. The molecule has 0 amide bonds. The van der Waals surface area contributed by atoms with Crippen LogP contribution < -0.4 is 0 Å². The highest BCUT2D eigenvalue weighted by atomic mass is 35.5. The number of rotatable bonds is 4. The van der Waals surface area contributed by atoms with Gasteiger partial charge in [0, 0.05) is 6.61 Å². The van der Waals surface area contributed by atoms with E-state index in [1.807, 2.05) is 13.8 Å². The normalized spacial score (nSPS) is 13.2. The summed E-state index contributed by atoms with van der Waals surface area (Å²) in [5, 5.41) is 7.72. The fraction of sp³-hybridized carbons (Fsp3) is 0.714. The van der Waals surface area contributed by atoms with Gasteiger partial charge in [0.15, 0.2) is 0 Å². The summed E-state index contributed by atoms with van der Waals surface area (Å²) in [5.41, 5.74) is 0. The topological polar surface area (TPSA) is 39.9 Å². The lowest BCUT2D eigenvalue weighted by atomic mass is 10.4. The maximum atomic E-state index is 5.72. The van der Waals surface area contributed by atoms with Crippen LogP contribution in [0.4, 0.5) is 0 Å². The van der Waals surface area contributed by atoms with Gasteiger partial charge in [0.1, 0.15) is 6.33 Å². The van der Waals surface area contributed by atoms with Crippen LogP contribution in [0.2, 0.25) is 5.28 Å². The van der Waals surface area contributed by atoms with Crippen LogP contribution in [-0.4, -0.2) is 27.5 Å². The molecule has 0 spiro atoms. The molecule has 0 fully saturated rings. The average molecular weight is 190 g/mol. The summed E-state index contributed by atoms with van der Waals surface area (Å²) in [5.74, 6) is 0. The van der Waals surface area contributed by atoms with Gasteiger partial charge in [0.25, 0.3) is 0 Å². The third kappa shape index (κ3) is 2.46. The summed E-state index contributed by atoms with van der Waals surface area (Å²) < 4.78 is 7.09. The van der Waals surface area contributed by atoms with Crippen LogP contribution in [0.1, 0.15) is 13.8 Å². The van der Waals surface area contributed by atoms with E-state index >= 15 is 0 Å². The smallest absolute Gasteiger partial charge is 0.224 e. The summed E-state index contributed by atoms with van der Waals surface area (Å²) >= 11 is 5.72. The quantitative estimate of drug-likeness (QED) is 0.718. The van der Waals surface area contributed by atoms with E-state index in [4.69, 9.17) is 16.3 Å². The number of nitrogens with zero attached hydrogens (tertiary/aromatic N) is 3. The van der Waals surface area contributed by atoms with Gasteiger partial charge in [0.05, 0.1) is 12.6 Å². The third-order valence-electron chi connectivity index (χ3n) is 1.47. The molecule has 1 unspecified atom stereocenters. The number of aromatic nitrogens is 3. The molecule has 0 aliphatic rings. The zero-order valence-corrected chi connectivity index (χ0v) is 7.95. The minimum atomic E-state index is 0.142. The molecule has 5 heteroatoms. The molecule has 68 valence electrons. The van der Waals surface area contributed by atoms with E-state index in [0.717, 1.165) is 0 Å². The summed E-state index contributed by atoms with van der Waals surface area (Å²) in [4.78, 5) is 0. The maximum Gasteiger partial charge on any atom is 0.224 e. The van der Waals surface area contributed by atoms with Crippen LogP contribution in [0, 0.1) is 0 Å². The lowest BCUT2D eigenvalue weighted by Crippen LogP contribution is -2.15. The van der Waals surface area contributed by atoms with Crippen molar-refractivity contribution in [2.75, 3.05) is 6.61 Å². The Balaban J connectivity index is 2.46. The van der Waals surface area contributed by atoms with Crippen molar-refractivity contribution in [3.05, 3.63) is 11.6 Å². The van der Waals surface area contributed by atoms with Crippen LogP contribution in [-0.2, 0) is 11.3 Å². The molecule has 0 bridgehead atoms. The summed E-state index contributed by atoms with van der Waals surface area (Å²) in [6, 6.07) is 0. The van der Waals surface area contributed by atoms with Gasteiger partial charge < -0.3 is 9.30 Å². The highest BCUT2D eigenvalue weighted by Gasteiger charge is 2.05. The van der Waals surface area contributed by atoms with Crippen LogP contribution in [0.3, 0.4) is 0 Å². The van der Waals surface area contributed by atoms with E-state index in [9.17, 15) is 0 Å². The second kappa shape index (κ2) is 4.42. The standard InChI is InChI=1S/C7H12ClN3O/c1-3-12-6(2)4-11-5-9-10-7(11)8/h5-6H,3-4H2,1-2H3. The molecule has 1 aromatic rings. The van der Waals surface area contributed by atoms with Crippen LogP contribution in [0.25, 0.3) is 0 Å². The Morgan fingerprint density at radius 3 is 3.00 bits per heavy atom. The highest BCUT2D eigenvalue weighted by molar-refractivity contribution is 6.28. The van der Waals surface area contributed by atoms with E-state index < -0.39 is 0 Å². The molecular formula is C7H12ClN3O. The second-order valence-electron chi connectivity index (χ2n) is 2.52. The predicted octanol–water partition coefficient (Wildman–Crippen LogP) is 1.36. The lowest BCUT2D eigenvalue weighted by molar-refractivity contribution is 0.0640. The Labute approximate surface area is 76.5 Å².